The largest absolute Gasteiger partial charge is 0.311 e. The van der Waals surface area contributed by atoms with Gasteiger partial charge in [-0.2, -0.15) is 0 Å². The van der Waals surface area contributed by atoms with Gasteiger partial charge in [-0.25, -0.2) is 0 Å². The van der Waals surface area contributed by atoms with E-state index in [1.54, 1.807) is 0 Å². The third-order valence-corrected chi connectivity index (χ3v) is 4.55. The molecule has 0 aliphatic heterocycles. The maximum absolute atomic E-state index is 5.94. The zero-order valence-electron chi connectivity index (χ0n) is 14.3. The summed E-state index contributed by atoms with van der Waals surface area (Å²) >= 11 is 5.94. The van der Waals surface area contributed by atoms with Crippen molar-refractivity contribution in [3.8, 4) is 0 Å². The molecule has 0 radical (unpaired) electrons. The van der Waals surface area contributed by atoms with Crippen LogP contribution in [-0.4, -0.2) is 24.5 Å². The van der Waals surface area contributed by atoms with Gasteiger partial charge in [-0.1, -0.05) is 67.4 Å². The lowest BCUT2D eigenvalue weighted by molar-refractivity contribution is 0.213. The first kappa shape index (κ1) is 18.0. The van der Waals surface area contributed by atoms with Crippen molar-refractivity contribution in [3.63, 3.8) is 0 Å². The number of benzene rings is 2. The zero-order valence-corrected chi connectivity index (χ0v) is 15.1. The summed E-state index contributed by atoms with van der Waals surface area (Å²) in [4.78, 5) is 2.50. The van der Waals surface area contributed by atoms with Gasteiger partial charge in [0.15, 0.2) is 0 Å². The van der Waals surface area contributed by atoms with Crippen molar-refractivity contribution in [1.82, 2.24) is 10.2 Å². The molecule has 0 bridgehead atoms. The molecule has 1 atom stereocenters. The van der Waals surface area contributed by atoms with Gasteiger partial charge in [-0.05, 0) is 43.3 Å². The highest BCUT2D eigenvalue weighted by atomic mass is 35.5. The lowest BCUT2D eigenvalue weighted by Gasteiger charge is -2.30. The van der Waals surface area contributed by atoms with Crippen LogP contribution in [0.3, 0.4) is 0 Å². The number of hydrogen-bond donors (Lipinski definition) is 1. The fourth-order valence-electron chi connectivity index (χ4n) is 2.87. The van der Waals surface area contributed by atoms with Crippen LogP contribution in [0.2, 0.25) is 5.02 Å². The summed E-state index contributed by atoms with van der Waals surface area (Å²) in [6.45, 7) is 10.5. The highest BCUT2D eigenvalue weighted by Gasteiger charge is 2.17. The summed E-state index contributed by atoms with van der Waals surface area (Å²) in [6.07, 6.45) is 0. The number of likely N-dealkylation sites (N-methyl/N-ethyl adjacent to an activating group) is 1. The maximum Gasteiger partial charge on any atom is 0.0472 e. The van der Waals surface area contributed by atoms with E-state index in [0.717, 1.165) is 31.2 Å². The zero-order chi connectivity index (χ0) is 16.7. The third kappa shape index (κ3) is 5.35. The number of nitrogens with zero attached hydrogens (tertiary/aromatic N) is 1. The molecule has 1 unspecified atom stereocenters. The van der Waals surface area contributed by atoms with Crippen LogP contribution in [-0.2, 0) is 6.54 Å². The highest BCUT2D eigenvalue weighted by molar-refractivity contribution is 6.30. The Kier molecular flexibility index (Phi) is 7.10. The number of hydrogen-bond acceptors (Lipinski definition) is 2. The summed E-state index contributed by atoms with van der Waals surface area (Å²) in [5, 5.41) is 4.39. The summed E-state index contributed by atoms with van der Waals surface area (Å²) < 4.78 is 0. The Morgan fingerprint density at radius 1 is 0.957 bits per heavy atom. The quantitative estimate of drug-likeness (QED) is 0.746. The molecular formula is C20H27ClN2. The van der Waals surface area contributed by atoms with Crippen LogP contribution in [0, 0.1) is 6.92 Å². The number of nitrogens with one attached hydrogen (secondary N) is 1. The van der Waals surface area contributed by atoms with E-state index < -0.39 is 0 Å². The first-order valence-corrected chi connectivity index (χ1v) is 8.77. The minimum absolute atomic E-state index is 0.401. The Bertz CT molecular complexity index is 574. The normalized spacial score (nSPS) is 12.6. The van der Waals surface area contributed by atoms with Crippen molar-refractivity contribution in [2.75, 3.05) is 19.6 Å². The fourth-order valence-corrected chi connectivity index (χ4v) is 2.99. The fraction of sp³-hybridized carbons (Fsp3) is 0.400. The van der Waals surface area contributed by atoms with E-state index in [1.807, 2.05) is 12.1 Å². The average Bonchev–Trinajstić information content (AvgIpc) is 2.57. The van der Waals surface area contributed by atoms with E-state index >= 15 is 0 Å². The van der Waals surface area contributed by atoms with Gasteiger partial charge >= 0.3 is 0 Å². The average molecular weight is 331 g/mol. The molecule has 0 heterocycles. The van der Waals surface area contributed by atoms with Crippen LogP contribution in [0.25, 0.3) is 0 Å². The predicted octanol–water partition coefficient (Wildman–Crippen LogP) is 4.82. The van der Waals surface area contributed by atoms with Gasteiger partial charge in [0, 0.05) is 24.2 Å². The van der Waals surface area contributed by atoms with Crippen LogP contribution in [0.5, 0.6) is 0 Å². The molecule has 0 amide bonds. The minimum atomic E-state index is 0.401. The van der Waals surface area contributed by atoms with Crippen molar-refractivity contribution >= 4 is 11.6 Å². The highest BCUT2D eigenvalue weighted by Crippen LogP contribution is 2.20. The second-order valence-electron chi connectivity index (χ2n) is 5.91. The SMILES string of the molecule is CCN(CC)C(CNCc1ccc(Cl)cc1)c1ccc(C)cc1. The molecule has 3 heteroatoms. The van der Waals surface area contributed by atoms with Crippen LogP contribution in [0.1, 0.15) is 36.6 Å². The number of aryl methyl sites for hydroxylation is 1. The molecular weight excluding hydrogens is 304 g/mol. The van der Waals surface area contributed by atoms with Gasteiger partial charge < -0.3 is 5.32 Å². The van der Waals surface area contributed by atoms with Gasteiger partial charge in [0.25, 0.3) is 0 Å². The van der Waals surface area contributed by atoms with E-state index in [4.69, 9.17) is 11.6 Å². The van der Waals surface area contributed by atoms with Crippen molar-refractivity contribution in [3.05, 3.63) is 70.2 Å². The van der Waals surface area contributed by atoms with Crippen LogP contribution in [0.15, 0.2) is 48.5 Å². The Morgan fingerprint density at radius 3 is 2.13 bits per heavy atom. The maximum atomic E-state index is 5.94. The molecule has 0 aromatic heterocycles. The molecule has 1 N–H and O–H groups in total. The lowest BCUT2D eigenvalue weighted by atomic mass is 10.0. The minimum Gasteiger partial charge on any atom is -0.311 e. The van der Waals surface area contributed by atoms with Crippen molar-refractivity contribution in [1.29, 1.82) is 0 Å². The molecule has 2 rings (SSSR count). The first-order valence-electron chi connectivity index (χ1n) is 8.39. The Morgan fingerprint density at radius 2 is 1.57 bits per heavy atom. The summed E-state index contributed by atoms with van der Waals surface area (Å²) in [5.41, 5.74) is 3.95. The smallest absolute Gasteiger partial charge is 0.0472 e. The summed E-state index contributed by atoms with van der Waals surface area (Å²) in [6, 6.07) is 17.3. The first-order chi connectivity index (χ1) is 11.1. The predicted molar refractivity (Wildman–Crippen MR) is 100.0 cm³/mol. The Balaban J connectivity index is 2.02. The van der Waals surface area contributed by atoms with Gasteiger partial charge in [0.05, 0.1) is 0 Å². The van der Waals surface area contributed by atoms with E-state index in [1.165, 1.54) is 16.7 Å². The molecule has 2 nitrogen and oxygen atoms in total. The molecule has 124 valence electrons. The lowest BCUT2D eigenvalue weighted by Crippen LogP contribution is -2.35. The number of rotatable bonds is 8. The molecule has 0 fully saturated rings. The molecule has 23 heavy (non-hydrogen) atoms. The van der Waals surface area contributed by atoms with Crippen molar-refractivity contribution in [2.45, 2.75) is 33.4 Å². The van der Waals surface area contributed by atoms with E-state index in [9.17, 15) is 0 Å². The molecule has 0 aliphatic rings. The molecule has 0 saturated heterocycles. The van der Waals surface area contributed by atoms with Crippen LogP contribution in [0.4, 0.5) is 0 Å². The van der Waals surface area contributed by atoms with Gasteiger partial charge in [0.1, 0.15) is 0 Å². The van der Waals surface area contributed by atoms with Gasteiger partial charge in [-0.3, -0.25) is 4.90 Å². The van der Waals surface area contributed by atoms with Crippen molar-refractivity contribution < 1.29 is 0 Å². The molecule has 0 saturated carbocycles. The van der Waals surface area contributed by atoms with Gasteiger partial charge in [-0.15, -0.1) is 0 Å². The van der Waals surface area contributed by atoms with Crippen LogP contribution < -0.4 is 5.32 Å². The summed E-state index contributed by atoms with van der Waals surface area (Å²) in [7, 11) is 0. The topological polar surface area (TPSA) is 15.3 Å². The Labute approximate surface area is 145 Å². The van der Waals surface area contributed by atoms with E-state index in [0.29, 0.717) is 6.04 Å². The second kappa shape index (κ2) is 9.07. The van der Waals surface area contributed by atoms with E-state index in [-0.39, 0.29) is 0 Å². The third-order valence-electron chi connectivity index (χ3n) is 4.30. The molecule has 2 aromatic carbocycles. The molecule has 0 aliphatic carbocycles. The van der Waals surface area contributed by atoms with E-state index in [2.05, 4.69) is 67.4 Å². The molecule has 2 aromatic rings. The Hall–Kier alpha value is -1.35. The second-order valence-corrected chi connectivity index (χ2v) is 6.34. The molecule has 0 spiro atoms. The number of halogens is 1. The summed E-state index contributed by atoms with van der Waals surface area (Å²) in [5.74, 6) is 0. The monoisotopic (exact) mass is 330 g/mol. The standard InChI is InChI=1S/C20H27ClN2/c1-4-23(5-2)20(18-10-6-16(3)7-11-18)15-22-14-17-8-12-19(21)13-9-17/h6-13,20,22H,4-5,14-15H2,1-3H3. The van der Waals surface area contributed by atoms with Crippen molar-refractivity contribution in [2.24, 2.45) is 0 Å². The van der Waals surface area contributed by atoms with Crippen LogP contribution >= 0.6 is 11.6 Å². The van der Waals surface area contributed by atoms with Gasteiger partial charge in [0.2, 0.25) is 0 Å².